The first kappa shape index (κ1) is 14.5. The second-order valence-corrected chi connectivity index (χ2v) is 4.47. The van der Waals surface area contributed by atoms with Gasteiger partial charge in [-0.05, 0) is 42.3 Å². The lowest BCUT2D eigenvalue weighted by Gasteiger charge is -2.16. The summed E-state index contributed by atoms with van der Waals surface area (Å²) in [6.45, 7) is 2.28. The van der Waals surface area contributed by atoms with E-state index in [9.17, 15) is 13.2 Å². The first-order valence-electron chi connectivity index (χ1n) is 5.40. The summed E-state index contributed by atoms with van der Waals surface area (Å²) < 4.78 is 40.9. The van der Waals surface area contributed by atoms with Crippen LogP contribution in [0.25, 0.3) is 0 Å². The van der Waals surface area contributed by atoms with Crippen LogP contribution in [0.4, 0.5) is 13.2 Å². The van der Waals surface area contributed by atoms with E-state index in [0.29, 0.717) is 6.54 Å². The van der Waals surface area contributed by atoms with Crippen LogP contribution in [-0.4, -0.2) is 32.0 Å². The lowest BCUT2D eigenvalue weighted by Crippen LogP contribution is -2.31. The van der Waals surface area contributed by atoms with E-state index in [1.54, 1.807) is 11.3 Å². The van der Waals surface area contributed by atoms with Crippen molar-refractivity contribution in [2.24, 2.45) is 0 Å². The Morgan fingerprint density at radius 3 is 2.76 bits per heavy atom. The van der Waals surface area contributed by atoms with Gasteiger partial charge in [0, 0.05) is 6.54 Å². The fraction of sp³-hybridized carbons (Fsp3) is 0.636. The van der Waals surface area contributed by atoms with Crippen LogP contribution >= 0.6 is 11.3 Å². The first-order valence-corrected chi connectivity index (χ1v) is 6.34. The Hall–Kier alpha value is -0.590. The second kappa shape index (κ2) is 6.98. The minimum absolute atomic E-state index is 0.0737. The highest BCUT2D eigenvalue weighted by molar-refractivity contribution is 7.07. The number of rotatable bonds is 7. The van der Waals surface area contributed by atoms with E-state index in [1.165, 1.54) is 5.56 Å². The average Bonchev–Trinajstić information content (AvgIpc) is 2.74. The highest BCUT2D eigenvalue weighted by Gasteiger charge is 2.36. The van der Waals surface area contributed by atoms with Gasteiger partial charge in [-0.1, -0.05) is 0 Å². The standard InChI is InChI=1S/C11H16F3NOS/c1-9(11(12,13)14)16-6-5-15-4-2-10-3-7-17-8-10/h3,7-9,15H,2,4-6H2,1H3. The quantitative estimate of drug-likeness (QED) is 0.767. The van der Waals surface area contributed by atoms with E-state index in [0.717, 1.165) is 19.9 Å². The Labute approximate surface area is 103 Å². The van der Waals surface area contributed by atoms with Gasteiger partial charge >= 0.3 is 6.18 Å². The summed E-state index contributed by atoms with van der Waals surface area (Å²) in [5, 5.41) is 7.11. The second-order valence-electron chi connectivity index (χ2n) is 3.69. The molecule has 1 unspecified atom stereocenters. The van der Waals surface area contributed by atoms with E-state index in [1.807, 2.05) is 11.4 Å². The molecule has 98 valence electrons. The van der Waals surface area contributed by atoms with Gasteiger partial charge in [0.15, 0.2) is 6.10 Å². The predicted molar refractivity (Wildman–Crippen MR) is 62.4 cm³/mol. The third-order valence-electron chi connectivity index (χ3n) is 2.28. The van der Waals surface area contributed by atoms with Crippen LogP contribution in [0.15, 0.2) is 16.8 Å². The van der Waals surface area contributed by atoms with Gasteiger partial charge in [0.2, 0.25) is 0 Å². The van der Waals surface area contributed by atoms with Gasteiger partial charge in [0.25, 0.3) is 0 Å². The molecule has 1 heterocycles. The molecule has 0 amide bonds. The summed E-state index contributed by atoms with van der Waals surface area (Å²) in [6.07, 6.45) is -5.07. The van der Waals surface area contributed by atoms with Gasteiger partial charge in [-0.3, -0.25) is 0 Å². The van der Waals surface area contributed by atoms with Crippen molar-refractivity contribution in [3.8, 4) is 0 Å². The van der Waals surface area contributed by atoms with Crippen LogP contribution in [0.5, 0.6) is 0 Å². The molecule has 0 radical (unpaired) electrons. The maximum Gasteiger partial charge on any atom is 0.414 e. The SMILES string of the molecule is CC(OCCNCCc1ccsc1)C(F)(F)F. The Morgan fingerprint density at radius 2 is 2.18 bits per heavy atom. The average molecular weight is 267 g/mol. The van der Waals surface area contributed by atoms with Crippen molar-refractivity contribution in [1.29, 1.82) is 0 Å². The maximum absolute atomic E-state index is 12.1. The molecule has 0 fully saturated rings. The molecule has 1 aromatic rings. The van der Waals surface area contributed by atoms with Gasteiger partial charge in [0.05, 0.1) is 6.61 Å². The molecule has 0 bridgehead atoms. The van der Waals surface area contributed by atoms with Crippen molar-refractivity contribution < 1.29 is 17.9 Å². The van der Waals surface area contributed by atoms with Crippen LogP contribution in [-0.2, 0) is 11.2 Å². The van der Waals surface area contributed by atoms with E-state index in [-0.39, 0.29) is 6.61 Å². The van der Waals surface area contributed by atoms with Crippen LogP contribution < -0.4 is 5.32 Å². The van der Waals surface area contributed by atoms with Gasteiger partial charge < -0.3 is 10.1 Å². The fourth-order valence-corrected chi connectivity index (χ4v) is 1.90. The van der Waals surface area contributed by atoms with Crippen LogP contribution in [0.2, 0.25) is 0 Å². The highest BCUT2D eigenvalue weighted by atomic mass is 32.1. The molecule has 1 rings (SSSR count). The van der Waals surface area contributed by atoms with Crippen LogP contribution in [0.3, 0.4) is 0 Å². The van der Waals surface area contributed by atoms with Gasteiger partial charge in [-0.15, -0.1) is 0 Å². The molecule has 0 saturated carbocycles. The van der Waals surface area contributed by atoms with Gasteiger partial charge in [-0.25, -0.2) is 0 Å². The number of hydrogen-bond acceptors (Lipinski definition) is 3. The molecule has 1 atom stereocenters. The van der Waals surface area contributed by atoms with Crippen molar-refractivity contribution in [3.63, 3.8) is 0 Å². The molecule has 2 nitrogen and oxygen atoms in total. The van der Waals surface area contributed by atoms with E-state index in [4.69, 9.17) is 0 Å². The zero-order valence-electron chi connectivity index (χ0n) is 9.59. The molecule has 0 aliphatic carbocycles. The molecule has 0 aromatic carbocycles. The number of thiophene rings is 1. The van der Waals surface area contributed by atoms with Crippen LogP contribution in [0, 0.1) is 0 Å². The summed E-state index contributed by atoms with van der Waals surface area (Å²) in [7, 11) is 0. The van der Waals surface area contributed by atoms with E-state index >= 15 is 0 Å². The number of alkyl halides is 3. The first-order chi connectivity index (χ1) is 8.00. The van der Waals surface area contributed by atoms with Crippen molar-refractivity contribution in [2.45, 2.75) is 25.6 Å². The maximum atomic E-state index is 12.1. The van der Waals surface area contributed by atoms with Crippen molar-refractivity contribution in [2.75, 3.05) is 19.7 Å². The summed E-state index contributed by atoms with van der Waals surface area (Å²) >= 11 is 1.64. The normalized spacial score (nSPS) is 13.9. The Morgan fingerprint density at radius 1 is 1.41 bits per heavy atom. The summed E-state index contributed by atoms with van der Waals surface area (Å²) in [4.78, 5) is 0. The summed E-state index contributed by atoms with van der Waals surface area (Å²) in [5.41, 5.74) is 1.24. The van der Waals surface area contributed by atoms with Crippen molar-refractivity contribution in [3.05, 3.63) is 22.4 Å². The lowest BCUT2D eigenvalue weighted by molar-refractivity contribution is -0.213. The largest absolute Gasteiger partial charge is 0.414 e. The van der Waals surface area contributed by atoms with Crippen LogP contribution in [0.1, 0.15) is 12.5 Å². The zero-order chi connectivity index (χ0) is 12.7. The van der Waals surface area contributed by atoms with E-state index < -0.39 is 12.3 Å². The molecular formula is C11H16F3NOS. The summed E-state index contributed by atoms with van der Waals surface area (Å²) in [6, 6.07) is 2.04. The number of hydrogen-bond donors (Lipinski definition) is 1. The Balaban J connectivity index is 1.98. The molecule has 1 N–H and O–H groups in total. The summed E-state index contributed by atoms with van der Waals surface area (Å²) in [5.74, 6) is 0. The minimum atomic E-state index is -4.27. The van der Waals surface area contributed by atoms with Gasteiger partial charge in [0.1, 0.15) is 0 Å². The monoisotopic (exact) mass is 267 g/mol. The molecule has 6 heteroatoms. The lowest BCUT2D eigenvalue weighted by atomic mass is 10.2. The fourth-order valence-electron chi connectivity index (χ4n) is 1.19. The highest BCUT2D eigenvalue weighted by Crippen LogP contribution is 2.21. The molecular weight excluding hydrogens is 251 g/mol. The van der Waals surface area contributed by atoms with Crippen molar-refractivity contribution >= 4 is 11.3 Å². The number of ether oxygens (including phenoxy) is 1. The molecule has 0 saturated heterocycles. The molecule has 0 aliphatic heterocycles. The third kappa shape index (κ3) is 6.05. The number of nitrogens with one attached hydrogen (secondary N) is 1. The minimum Gasteiger partial charge on any atom is -0.368 e. The third-order valence-corrected chi connectivity index (χ3v) is 3.01. The van der Waals surface area contributed by atoms with E-state index in [2.05, 4.69) is 15.4 Å². The molecule has 0 aliphatic rings. The zero-order valence-corrected chi connectivity index (χ0v) is 10.4. The Bertz CT molecular complexity index is 300. The Kier molecular flexibility index (Phi) is 5.94. The predicted octanol–water partition coefficient (Wildman–Crippen LogP) is 2.85. The van der Waals surface area contributed by atoms with Crippen molar-refractivity contribution in [1.82, 2.24) is 5.32 Å². The smallest absolute Gasteiger partial charge is 0.368 e. The van der Waals surface area contributed by atoms with Gasteiger partial charge in [-0.2, -0.15) is 24.5 Å². The topological polar surface area (TPSA) is 21.3 Å². The molecule has 17 heavy (non-hydrogen) atoms. The molecule has 1 aromatic heterocycles. The number of halogens is 3. The molecule has 0 spiro atoms.